The van der Waals surface area contributed by atoms with E-state index in [9.17, 15) is 0 Å². The molecule has 8 heteroatoms. The van der Waals surface area contributed by atoms with Crippen molar-refractivity contribution in [1.29, 1.82) is 0 Å². The molecule has 234 valence electrons. The number of hydrogen-bond donors (Lipinski definition) is 2. The van der Waals surface area contributed by atoms with E-state index in [0.29, 0.717) is 48.0 Å². The van der Waals surface area contributed by atoms with Gasteiger partial charge in [-0.3, -0.25) is 0 Å². The molecule has 0 aliphatic rings. The molecule has 0 bridgehead atoms. The summed E-state index contributed by atoms with van der Waals surface area (Å²) in [6, 6.07) is 45.0. The summed E-state index contributed by atoms with van der Waals surface area (Å²) >= 11 is 19.9. The first-order valence-corrected chi connectivity index (χ1v) is 16.7. The van der Waals surface area contributed by atoms with Crippen LogP contribution in [0.4, 0.5) is 0 Å². The fraction of sp³-hybridized carbons (Fsp3) is 0.158. The number of para-hydroxylation sites is 2. The Bertz CT molecular complexity index is 1610. The van der Waals surface area contributed by atoms with Crippen LogP contribution in [0.25, 0.3) is 0 Å². The zero-order valence-electron chi connectivity index (χ0n) is 25.4. The molecule has 4 nitrogen and oxygen atoms in total. The lowest BCUT2D eigenvalue weighted by molar-refractivity contribution is 0.291. The molecule has 0 saturated heterocycles. The molecule has 0 aromatic heterocycles. The van der Waals surface area contributed by atoms with Gasteiger partial charge < -0.3 is 19.3 Å². The van der Waals surface area contributed by atoms with E-state index in [1.54, 1.807) is 0 Å². The van der Waals surface area contributed by atoms with Gasteiger partial charge in [-0.15, -0.1) is 25.3 Å². The first-order valence-electron chi connectivity index (χ1n) is 15.0. The van der Waals surface area contributed by atoms with E-state index in [0.717, 1.165) is 33.8 Å². The van der Waals surface area contributed by atoms with Crippen LogP contribution < -0.4 is 9.47 Å². The Hall–Kier alpha value is -3.82. The first-order chi connectivity index (χ1) is 22.4. The molecule has 0 unspecified atom stereocenters. The molecule has 5 aromatic rings. The third kappa shape index (κ3) is 10.1. The maximum Gasteiger partial charge on any atom is 0.133 e. The highest BCUT2D eigenvalue weighted by Gasteiger charge is 2.14. The quantitative estimate of drug-likeness (QED) is 0.0897. The molecule has 0 spiro atoms. The van der Waals surface area contributed by atoms with Crippen molar-refractivity contribution in [1.82, 2.24) is 9.80 Å². The van der Waals surface area contributed by atoms with Crippen molar-refractivity contribution in [2.75, 3.05) is 0 Å². The van der Waals surface area contributed by atoms with Crippen LogP contribution in [-0.2, 0) is 39.4 Å². The lowest BCUT2D eigenvalue weighted by Crippen LogP contribution is -2.25. The zero-order chi connectivity index (χ0) is 32.1. The Labute approximate surface area is 293 Å². The molecule has 0 fully saturated rings. The largest absolute Gasteiger partial charge is 0.489 e. The molecule has 5 rings (SSSR count). The fourth-order valence-electron chi connectivity index (χ4n) is 5.08. The summed E-state index contributed by atoms with van der Waals surface area (Å²) in [6.45, 7) is 3.41. The molecule has 0 saturated carbocycles. The second-order valence-electron chi connectivity index (χ2n) is 10.9. The summed E-state index contributed by atoms with van der Waals surface area (Å²) < 4.78 is 13.8. The average Bonchev–Trinajstić information content (AvgIpc) is 3.08. The number of nitrogens with zero attached hydrogens (tertiary/aromatic N) is 2. The number of thiol groups is 2. The molecule has 0 amide bonds. The Morgan fingerprint density at radius 2 is 0.826 bits per heavy atom. The van der Waals surface area contributed by atoms with Gasteiger partial charge in [0, 0.05) is 37.3 Å². The maximum absolute atomic E-state index is 6.35. The topological polar surface area (TPSA) is 24.9 Å². The highest BCUT2D eigenvalue weighted by molar-refractivity contribution is 8.11. The van der Waals surface area contributed by atoms with Crippen LogP contribution in [0.3, 0.4) is 0 Å². The van der Waals surface area contributed by atoms with E-state index in [-0.39, 0.29) is 0 Å². The van der Waals surface area contributed by atoms with Crippen LogP contribution in [0.15, 0.2) is 133 Å². The van der Waals surface area contributed by atoms with E-state index >= 15 is 0 Å². The minimum Gasteiger partial charge on any atom is -0.489 e. The van der Waals surface area contributed by atoms with Crippen molar-refractivity contribution in [2.45, 2.75) is 39.4 Å². The summed E-state index contributed by atoms with van der Waals surface area (Å²) in [5.74, 6) is 1.64. The molecule has 46 heavy (non-hydrogen) atoms. The van der Waals surface area contributed by atoms with Crippen molar-refractivity contribution >= 4 is 58.3 Å². The minimum absolute atomic E-state index is 0.430. The zero-order valence-corrected chi connectivity index (χ0v) is 28.8. The van der Waals surface area contributed by atoms with E-state index in [1.807, 2.05) is 78.9 Å². The second-order valence-corrected chi connectivity index (χ2v) is 13.1. The van der Waals surface area contributed by atoms with Gasteiger partial charge in [0.15, 0.2) is 0 Å². The van der Waals surface area contributed by atoms with Gasteiger partial charge in [-0.25, -0.2) is 0 Å². The summed E-state index contributed by atoms with van der Waals surface area (Å²) in [5, 5.41) is 0. The van der Waals surface area contributed by atoms with Crippen molar-refractivity contribution < 1.29 is 9.47 Å². The molecule has 0 aliphatic heterocycles. The van der Waals surface area contributed by atoms with Crippen LogP contribution in [0, 0.1) is 0 Å². The SMILES string of the molecule is S=C(S)N(Cc1ccccc1)Cc1ccccc1OCc1cccc(COc2ccccc2CN(Cc2ccccc2)C(=S)S)c1. The standard InChI is InChI=1S/C38H36N2O2S4/c43-37(44)39(23-29-12-3-1-4-13-29)25-33-18-7-9-20-35(33)41-27-31-16-11-17-32(22-31)28-42-36-21-10-8-19-34(36)26-40(38(45)46)24-30-14-5-2-6-15-30/h1-22H,23-28H2,(H,43,44)(H,45,46). The summed E-state index contributed by atoms with van der Waals surface area (Å²) in [5.41, 5.74) is 6.57. The van der Waals surface area contributed by atoms with Crippen LogP contribution >= 0.6 is 49.7 Å². The van der Waals surface area contributed by atoms with Crippen molar-refractivity contribution in [3.8, 4) is 11.5 Å². The second kappa shape index (κ2) is 17.2. The van der Waals surface area contributed by atoms with E-state index in [1.165, 1.54) is 11.1 Å². The average molecular weight is 681 g/mol. The molecular weight excluding hydrogens is 645 g/mol. The third-order valence-corrected chi connectivity index (χ3v) is 8.50. The first kappa shape index (κ1) is 33.5. The van der Waals surface area contributed by atoms with Gasteiger partial charge in [-0.1, -0.05) is 140 Å². The minimum atomic E-state index is 0.430. The number of ether oxygens (including phenoxy) is 2. The maximum atomic E-state index is 6.35. The van der Waals surface area contributed by atoms with Crippen LogP contribution in [0.5, 0.6) is 11.5 Å². The number of benzene rings is 5. The molecule has 0 aliphatic carbocycles. The van der Waals surface area contributed by atoms with Gasteiger partial charge in [-0.2, -0.15) is 0 Å². The van der Waals surface area contributed by atoms with Crippen LogP contribution in [0.2, 0.25) is 0 Å². The van der Waals surface area contributed by atoms with Gasteiger partial charge in [0.1, 0.15) is 33.4 Å². The van der Waals surface area contributed by atoms with Gasteiger partial charge in [0.05, 0.1) is 0 Å². The van der Waals surface area contributed by atoms with E-state index in [2.05, 4.69) is 89.7 Å². The number of thiocarbonyl (C=S) groups is 2. The predicted molar refractivity (Wildman–Crippen MR) is 203 cm³/mol. The van der Waals surface area contributed by atoms with Crippen molar-refractivity contribution in [2.24, 2.45) is 0 Å². The fourth-order valence-corrected chi connectivity index (χ4v) is 5.62. The Kier molecular flexibility index (Phi) is 12.5. The normalized spacial score (nSPS) is 10.7. The van der Waals surface area contributed by atoms with Gasteiger partial charge in [0.2, 0.25) is 0 Å². The number of hydrogen-bond acceptors (Lipinski definition) is 4. The predicted octanol–water partition coefficient (Wildman–Crippen LogP) is 9.28. The summed E-state index contributed by atoms with van der Waals surface area (Å²) in [6.07, 6.45) is 0. The molecule has 0 atom stereocenters. The Balaban J connectivity index is 1.21. The molecule has 0 heterocycles. The van der Waals surface area contributed by atoms with E-state index < -0.39 is 0 Å². The highest BCUT2D eigenvalue weighted by atomic mass is 32.1. The third-order valence-electron chi connectivity index (χ3n) is 7.42. The van der Waals surface area contributed by atoms with Gasteiger partial charge >= 0.3 is 0 Å². The Morgan fingerprint density at radius 1 is 0.457 bits per heavy atom. The number of rotatable bonds is 14. The molecule has 0 radical (unpaired) electrons. The molecular formula is C38H36N2O2S4. The lowest BCUT2D eigenvalue weighted by Gasteiger charge is -2.24. The van der Waals surface area contributed by atoms with Gasteiger partial charge in [0.25, 0.3) is 0 Å². The Morgan fingerprint density at radius 3 is 1.24 bits per heavy atom. The van der Waals surface area contributed by atoms with Gasteiger partial charge in [-0.05, 0) is 40.5 Å². The summed E-state index contributed by atoms with van der Waals surface area (Å²) in [4.78, 5) is 4.13. The highest BCUT2D eigenvalue weighted by Crippen LogP contribution is 2.25. The smallest absolute Gasteiger partial charge is 0.133 e. The van der Waals surface area contributed by atoms with Crippen LogP contribution in [-0.4, -0.2) is 18.4 Å². The lowest BCUT2D eigenvalue weighted by atomic mass is 10.1. The van der Waals surface area contributed by atoms with Crippen LogP contribution in [0.1, 0.15) is 33.4 Å². The monoisotopic (exact) mass is 680 g/mol. The summed E-state index contributed by atoms with van der Waals surface area (Å²) in [7, 11) is 0. The van der Waals surface area contributed by atoms with E-state index in [4.69, 9.17) is 33.9 Å². The molecule has 5 aromatic carbocycles. The van der Waals surface area contributed by atoms with Crippen molar-refractivity contribution in [3.63, 3.8) is 0 Å². The molecule has 0 N–H and O–H groups in total. The van der Waals surface area contributed by atoms with Crippen molar-refractivity contribution in [3.05, 3.63) is 167 Å².